The molecule has 1 fully saturated rings. The third-order valence-electron chi connectivity index (χ3n) is 4.34. The largest absolute Gasteiger partial charge is 0.349 e. The summed E-state index contributed by atoms with van der Waals surface area (Å²) in [6, 6.07) is 7.83. The molecule has 2 amide bonds. The molecule has 0 unspecified atom stereocenters. The van der Waals surface area contributed by atoms with Crippen molar-refractivity contribution in [3.63, 3.8) is 0 Å². The minimum atomic E-state index is -0.343. The van der Waals surface area contributed by atoms with Crippen molar-refractivity contribution in [1.29, 1.82) is 0 Å². The zero-order valence-electron chi connectivity index (χ0n) is 14.4. The van der Waals surface area contributed by atoms with Gasteiger partial charge in [0.25, 0.3) is 11.1 Å². The molecule has 0 spiro atoms. The molecule has 2 aromatic rings. The molecule has 1 aliphatic rings. The number of thioether (sulfide) groups is 1. The second-order valence-electron chi connectivity index (χ2n) is 5.97. The van der Waals surface area contributed by atoms with Gasteiger partial charge in [0.2, 0.25) is 0 Å². The van der Waals surface area contributed by atoms with Gasteiger partial charge in [0.15, 0.2) is 0 Å². The summed E-state index contributed by atoms with van der Waals surface area (Å²) in [5.41, 5.74) is 3.86. The Labute approximate surface area is 150 Å². The lowest BCUT2D eigenvalue weighted by Gasteiger charge is -2.12. The van der Waals surface area contributed by atoms with E-state index in [0.29, 0.717) is 10.5 Å². The van der Waals surface area contributed by atoms with Crippen LogP contribution in [-0.2, 0) is 17.9 Å². The normalized spacial score (nSPS) is 16.3. The van der Waals surface area contributed by atoms with Gasteiger partial charge in [-0.1, -0.05) is 12.1 Å². The Bertz CT molecular complexity index is 868. The summed E-state index contributed by atoms with van der Waals surface area (Å²) in [6.45, 7) is 7.10. The summed E-state index contributed by atoms with van der Waals surface area (Å²) < 4.78 is 15.2. The second kappa shape index (κ2) is 6.88. The van der Waals surface area contributed by atoms with E-state index in [1.54, 1.807) is 18.2 Å². The molecule has 0 atom stereocenters. The van der Waals surface area contributed by atoms with E-state index in [2.05, 4.69) is 11.5 Å². The summed E-state index contributed by atoms with van der Waals surface area (Å²) in [4.78, 5) is 26.4. The third-order valence-corrected chi connectivity index (χ3v) is 5.25. The number of amides is 2. The van der Waals surface area contributed by atoms with Crippen LogP contribution in [0.3, 0.4) is 0 Å². The van der Waals surface area contributed by atoms with Gasteiger partial charge in [-0.15, -0.1) is 0 Å². The molecule has 4 nitrogen and oxygen atoms in total. The van der Waals surface area contributed by atoms with E-state index >= 15 is 0 Å². The smallest absolute Gasteiger partial charge is 0.293 e. The van der Waals surface area contributed by atoms with Crippen molar-refractivity contribution in [2.75, 3.05) is 0 Å². The average molecular weight is 358 g/mol. The number of benzene rings is 1. The van der Waals surface area contributed by atoms with Gasteiger partial charge >= 0.3 is 0 Å². The Kier molecular flexibility index (Phi) is 4.81. The lowest BCUT2D eigenvalue weighted by atomic mass is 10.2. The first-order valence-electron chi connectivity index (χ1n) is 8.07. The molecule has 1 aromatic carbocycles. The highest BCUT2D eigenvalue weighted by molar-refractivity contribution is 8.18. The van der Waals surface area contributed by atoms with Crippen LogP contribution in [0.25, 0.3) is 6.08 Å². The maximum absolute atomic E-state index is 13.0. The molecule has 1 aromatic heterocycles. The van der Waals surface area contributed by atoms with Crippen LogP contribution in [0.5, 0.6) is 0 Å². The topological polar surface area (TPSA) is 42.3 Å². The number of hydrogen-bond acceptors (Lipinski definition) is 3. The molecule has 0 N–H and O–H groups in total. The second-order valence-corrected chi connectivity index (χ2v) is 6.96. The van der Waals surface area contributed by atoms with Crippen molar-refractivity contribution in [1.82, 2.24) is 9.47 Å². The van der Waals surface area contributed by atoms with Crippen molar-refractivity contribution in [3.05, 3.63) is 63.6 Å². The van der Waals surface area contributed by atoms with Crippen LogP contribution in [0.4, 0.5) is 9.18 Å². The monoisotopic (exact) mass is 358 g/mol. The Morgan fingerprint density at radius 3 is 2.44 bits per heavy atom. The number of aryl methyl sites for hydroxylation is 1. The number of aromatic nitrogens is 1. The fraction of sp³-hybridized carbons (Fsp3) is 0.263. The van der Waals surface area contributed by atoms with Crippen LogP contribution in [0.2, 0.25) is 0 Å². The van der Waals surface area contributed by atoms with Gasteiger partial charge in [-0.2, -0.15) is 0 Å². The minimum Gasteiger partial charge on any atom is -0.349 e. The molecule has 25 heavy (non-hydrogen) atoms. The molecule has 1 saturated heterocycles. The van der Waals surface area contributed by atoms with Crippen LogP contribution in [0.15, 0.2) is 35.2 Å². The highest BCUT2D eigenvalue weighted by Crippen LogP contribution is 2.34. The Hall–Kier alpha value is -2.34. The van der Waals surface area contributed by atoms with E-state index in [4.69, 9.17) is 0 Å². The van der Waals surface area contributed by atoms with E-state index in [1.165, 1.54) is 17.0 Å². The van der Waals surface area contributed by atoms with E-state index in [0.717, 1.165) is 35.3 Å². The Morgan fingerprint density at radius 1 is 1.16 bits per heavy atom. The fourth-order valence-corrected chi connectivity index (χ4v) is 3.84. The molecule has 6 heteroatoms. The summed E-state index contributed by atoms with van der Waals surface area (Å²) in [5, 5.41) is -0.301. The first-order chi connectivity index (χ1) is 11.9. The Balaban J connectivity index is 1.84. The molecule has 2 heterocycles. The van der Waals surface area contributed by atoms with E-state index < -0.39 is 0 Å². The van der Waals surface area contributed by atoms with Gasteiger partial charge in [0, 0.05) is 17.9 Å². The number of nitrogens with zero attached hydrogens (tertiary/aromatic N) is 2. The average Bonchev–Trinajstić information content (AvgIpc) is 2.99. The molecule has 0 radical (unpaired) electrons. The van der Waals surface area contributed by atoms with Crippen molar-refractivity contribution in [2.45, 2.75) is 33.9 Å². The predicted octanol–water partition coefficient (Wildman–Crippen LogP) is 4.50. The first kappa shape index (κ1) is 17.5. The van der Waals surface area contributed by atoms with Gasteiger partial charge < -0.3 is 4.57 Å². The minimum absolute atomic E-state index is 0.149. The number of carbonyl (C=O) groups excluding carboxylic acids is 2. The third kappa shape index (κ3) is 3.39. The summed E-state index contributed by atoms with van der Waals surface area (Å²) >= 11 is 0.946. The molecular weight excluding hydrogens is 339 g/mol. The Morgan fingerprint density at radius 2 is 1.84 bits per heavy atom. The zero-order valence-corrected chi connectivity index (χ0v) is 15.2. The van der Waals surface area contributed by atoms with E-state index in [-0.39, 0.29) is 23.5 Å². The summed E-state index contributed by atoms with van der Waals surface area (Å²) in [6.07, 6.45) is 1.78. The molecule has 0 bridgehead atoms. The van der Waals surface area contributed by atoms with Crippen molar-refractivity contribution < 1.29 is 14.0 Å². The van der Waals surface area contributed by atoms with Gasteiger partial charge in [-0.05, 0) is 67.9 Å². The highest BCUT2D eigenvalue weighted by Gasteiger charge is 2.35. The lowest BCUT2D eigenvalue weighted by molar-refractivity contribution is -0.123. The molecule has 3 rings (SSSR count). The fourth-order valence-electron chi connectivity index (χ4n) is 3.01. The number of rotatable bonds is 4. The number of hydrogen-bond donors (Lipinski definition) is 0. The number of imide groups is 1. The molecule has 0 aliphatic carbocycles. The zero-order chi connectivity index (χ0) is 18.1. The van der Waals surface area contributed by atoms with Gasteiger partial charge in [-0.3, -0.25) is 14.5 Å². The van der Waals surface area contributed by atoms with Gasteiger partial charge in [0.1, 0.15) is 5.82 Å². The first-order valence-corrected chi connectivity index (χ1v) is 8.89. The van der Waals surface area contributed by atoms with Crippen molar-refractivity contribution in [3.8, 4) is 0 Å². The lowest BCUT2D eigenvalue weighted by Crippen LogP contribution is -2.27. The van der Waals surface area contributed by atoms with Crippen LogP contribution in [-0.4, -0.2) is 20.6 Å². The van der Waals surface area contributed by atoms with E-state index in [1.807, 2.05) is 19.9 Å². The SMILES string of the molecule is CCn1c(C)cc(/C=C2\SC(=O)N(Cc3ccc(F)cc3)C2=O)c1C. The molecule has 0 saturated carbocycles. The van der Waals surface area contributed by atoms with Crippen LogP contribution in [0, 0.1) is 19.7 Å². The van der Waals surface area contributed by atoms with Crippen LogP contribution in [0.1, 0.15) is 29.4 Å². The molecule has 130 valence electrons. The quantitative estimate of drug-likeness (QED) is 0.756. The van der Waals surface area contributed by atoms with Crippen molar-refractivity contribution in [2.24, 2.45) is 0 Å². The van der Waals surface area contributed by atoms with Crippen molar-refractivity contribution >= 4 is 29.0 Å². The van der Waals surface area contributed by atoms with Crippen LogP contribution >= 0.6 is 11.8 Å². The van der Waals surface area contributed by atoms with Gasteiger partial charge in [0.05, 0.1) is 11.4 Å². The summed E-state index contributed by atoms with van der Waals surface area (Å²) in [7, 11) is 0. The number of halogens is 1. The van der Waals surface area contributed by atoms with Gasteiger partial charge in [-0.25, -0.2) is 4.39 Å². The highest BCUT2D eigenvalue weighted by atomic mass is 32.2. The predicted molar refractivity (Wildman–Crippen MR) is 97.5 cm³/mol. The molecule has 1 aliphatic heterocycles. The standard InChI is InChI=1S/C19H19FN2O2S/c1-4-21-12(2)9-15(13(21)3)10-17-18(23)22(19(24)25-17)11-14-5-7-16(20)8-6-14/h5-10H,4,11H2,1-3H3/b17-10-. The summed E-state index contributed by atoms with van der Waals surface area (Å²) in [5.74, 6) is -0.648. The maximum atomic E-state index is 13.0. The maximum Gasteiger partial charge on any atom is 0.293 e. The molecular formula is C19H19FN2O2S. The number of carbonyl (C=O) groups is 2. The van der Waals surface area contributed by atoms with Crippen LogP contribution < -0.4 is 0 Å². The van der Waals surface area contributed by atoms with E-state index in [9.17, 15) is 14.0 Å².